The molecule has 0 unspecified atom stereocenters. The maximum Gasteiger partial charge on any atom is 0.320 e. The van der Waals surface area contributed by atoms with Crippen LogP contribution in [0.15, 0.2) is 4.52 Å². The lowest BCUT2D eigenvalue weighted by Gasteiger charge is -2.04. The third-order valence-electron chi connectivity index (χ3n) is 2.19. The molecule has 0 N–H and O–H groups in total. The van der Waals surface area contributed by atoms with Crippen LogP contribution in [0.5, 0.6) is 0 Å². The van der Waals surface area contributed by atoms with Crippen molar-refractivity contribution >= 4 is 23.4 Å². The van der Waals surface area contributed by atoms with Gasteiger partial charge in [-0.15, -0.1) is 0 Å². The number of rotatable bonds is 3. The Balaban J connectivity index is 1.78. The summed E-state index contributed by atoms with van der Waals surface area (Å²) in [6.07, 6.45) is 5.39. The molecule has 1 aliphatic carbocycles. The van der Waals surface area contributed by atoms with Gasteiger partial charge in [-0.2, -0.15) is 16.7 Å². The minimum atomic E-state index is 0.141. The van der Waals surface area contributed by atoms with Crippen LogP contribution >= 0.6 is 23.4 Å². The van der Waals surface area contributed by atoms with E-state index in [1.165, 1.54) is 25.7 Å². The average Bonchev–Trinajstić information content (AvgIpc) is 2.71. The van der Waals surface area contributed by atoms with Gasteiger partial charge >= 0.3 is 5.35 Å². The summed E-state index contributed by atoms with van der Waals surface area (Å²) in [5.74, 6) is 1.53. The largest absolute Gasteiger partial charge is 0.321 e. The Labute approximate surface area is 86.2 Å². The Morgan fingerprint density at radius 1 is 1.46 bits per heavy atom. The molecule has 0 radical (unpaired) electrons. The van der Waals surface area contributed by atoms with Gasteiger partial charge in [-0.25, -0.2) is 0 Å². The van der Waals surface area contributed by atoms with Crippen molar-refractivity contribution in [3.8, 4) is 0 Å². The van der Waals surface area contributed by atoms with Gasteiger partial charge in [0.1, 0.15) is 0 Å². The number of aromatic nitrogens is 2. The Hall–Kier alpha value is -0.220. The van der Waals surface area contributed by atoms with Crippen LogP contribution in [0, 0.1) is 0 Å². The molecule has 0 bridgehead atoms. The van der Waals surface area contributed by atoms with Crippen LogP contribution in [-0.4, -0.2) is 15.4 Å². The smallest absolute Gasteiger partial charge is 0.320 e. The first-order valence-corrected chi connectivity index (χ1v) is 5.87. The van der Waals surface area contributed by atoms with E-state index in [0.29, 0.717) is 5.82 Å². The summed E-state index contributed by atoms with van der Waals surface area (Å²) >= 11 is 7.41. The molecular formula is C8H11ClN2OS. The lowest BCUT2D eigenvalue weighted by molar-refractivity contribution is 0.414. The molecule has 0 spiro atoms. The Bertz CT molecular complexity index is 273. The van der Waals surface area contributed by atoms with Crippen LogP contribution < -0.4 is 0 Å². The third-order valence-corrected chi connectivity index (χ3v) is 3.71. The van der Waals surface area contributed by atoms with E-state index in [-0.39, 0.29) is 5.35 Å². The van der Waals surface area contributed by atoms with E-state index in [1.807, 2.05) is 11.8 Å². The summed E-state index contributed by atoms with van der Waals surface area (Å²) in [5, 5.41) is 4.67. The summed E-state index contributed by atoms with van der Waals surface area (Å²) in [4.78, 5) is 3.94. The molecule has 0 saturated heterocycles. The maximum absolute atomic E-state index is 5.51. The quantitative estimate of drug-likeness (QED) is 0.782. The predicted molar refractivity (Wildman–Crippen MR) is 52.9 cm³/mol. The van der Waals surface area contributed by atoms with Crippen LogP contribution in [-0.2, 0) is 5.75 Å². The van der Waals surface area contributed by atoms with Gasteiger partial charge < -0.3 is 4.52 Å². The van der Waals surface area contributed by atoms with Crippen molar-refractivity contribution in [1.82, 2.24) is 10.1 Å². The lowest BCUT2D eigenvalue weighted by Crippen LogP contribution is -1.95. The summed E-state index contributed by atoms with van der Waals surface area (Å²) in [7, 11) is 0. The SMILES string of the molecule is Clc1nc(CSC2CCCC2)no1. The standard InChI is InChI=1S/C8H11ClN2OS/c9-8-10-7(11-12-8)5-13-6-3-1-2-4-6/h6H,1-5H2. The van der Waals surface area contributed by atoms with Gasteiger partial charge in [-0.3, -0.25) is 0 Å². The number of hydrogen-bond donors (Lipinski definition) is 0. The van der Waals surface area contributed by atoms with E-state index < -0.39 is 0 Å². The third kappa shape index (κ3) is 2.61. The molecule has 3 nitrogen and oxygen atoms in total. The normalized spacial score (nSPS) is 18.2. The molecule has 1 aliphatic rings. The number of thioether (sulfide) groups is 1. The second kappa shape index (κ2) is 4.33. The van der Waals surface area contributed by atoms with Crippen molar-refractivity contribution in [3.05, 3.63) is 11.2 Å². The average molecular weight is 219 g/mol. The molecular weight excluding hydrogens is 208 g/mol. The van der Waals surface area contributed by atoms with Gasteiger partial charge in [0.25, 0.3) is 0 Å². The zero-order valence-electron chi connectivity index (χ0n) is 7.20. The topological polar surface area (TPSA) is 38.9 Å². The second-order valence-corrected chi connectivity index (χ2v) is 4.79. The van der Waals surface area contributed by atoms with E-state index in [1.54, 1.807) is 0 Å². The first-order valence-electron chi connectivity index (χ1n) is 4.44. The Kier molecular flexibility index (Phi) is 3.11. The monoisotopic (exact) mass is 218 g/mol. The second-order valence-electron chi connectivity index (χ2n) is 3.18. The van der Waals surface area contributed by atoms with Crippen LogP contribution in [0.1, 0.15) is 31.5 Å². The summed E-state index contributed by atoms with van der Waals surface area (Å²) in [6.45, 7) is 0. The lowest BCUT2D eigenvalue weighted by atomic mass is 10.4. The molecule has 0 amide bonds. The fourth-order valence-corrected chi connectivity index (χ4v) is 2.84. The van der Waals surface area contributed by atoms with E-state index in [9.17, 15) is 0 Å². The van der Waals surface area contributed by atoms with E-state index >= 15 is 0 Å². The summed E-state index contributed by atoms with van der Waals surface area (Å²) in [5.41, 5.74) is 0. The van der Waals surface area contributed by atoms with Crippen LogP contribution in [0.3, 0.4) is 0 Å². The van der Waals surface area contributed by atoms with Crippen molar-refractivity contribution in [2.45, 2.75) is 36.7 Å². The maximum atomic E-state index is 5.51. The van der Waals surface area contributed by atoms with Gasteiger partial charge in [-0.1, -0.05) is 18.0 Å². The fraction of sp³-hybridized carbons (Fsp3) is 0.750. The predicted octanol–water partition coefficient (Wildman–Crippen LogP) is 2.90. The van der Waals surface area contributed by atoms with Crippen LogP contribution in [0.2, 0.25) is 5.35 Å². The molecule has 1 heterocycles. The van der Waals surface area contributed by atoms with Gasteiger partial charge in [0, 0.05) is 5.25 Å². The van der Waals surface area contributed by atoms with Crippen molar-refractivity contribution in [1.29, 1.82) is 0 Å². The zero-order chi connectivity index (χ0) is 9.10. The molecule has 72 valence electrons. The molecule has 1 fully saturated rings. The highest BCUT2D eigenvalue weighted by Gasteiger charge is 2.16. The number of hydrogen-bond acceptors (Lipinski definition) is 4. The minimum Gasteiger partial charge on any atom is -0.321 e. The van der Waals surface area contributed by atoms with E-state index in [2.05, 4.69) is 14.7 Å². The number of nitrogens with zero attached hydrogens (tertiary/aromatic N) is 2. The van der Waals surface area contributed by atoms with Gasteiger partial charge in [0.15, 0.2) is 5.82 Å². The van der Waals surface area contributed by atoms with Crippen LogP contribution in [0.25, 0.3) is 0 Å². The molecule has 1 aromatic heterocycles. The van der Waals surface area contributed by atoms with Gasteiger partial charge in [0.2, 0.25) is 0 Å². The first-order chi connectivity index (χ1) is 6.34. The van der Waals surface area contributed by atoms with Crippen molar-refractivity contribution in [2.24, 2.45) is 0 Å². The van der Waals surface area contributed by atoms with Crippen molar-refractivity contribution < 1.29 is 4.52 Å². The number of halogens is 1. The summed E-state index contributed by atoms with van der Waals surface area (Å²) in [6, 6.07) is 0. The molecule has 2 rings (SSSR count). The highest BCUT2D eigenvalue weighted by atomic mass is 35.5. The van der Waals surface area contributed by atoms with Gasteiger partial charge in [-0.05, 0) is 24.4 Å². The molecule has 1 saturated carbocycles. The highest BCUT2D eigenvalue weighted by molar-refractivity contribution is 7.99. The highest BCUT2D eigenvalue weighted by Crippen LogP contribution is 2.31. The van der Waals surface area contributed by atoms with Crippen molar-refractivity contribution in [2.75, 3.05) is 0 Å². The Morgan fingerprint density at radius 3 is 2.85 bits per heavy atom. The fourth-order valence-electron chi connectivity index (χ4n) is 1.54. The molecule has 13 heavy (non-hydrogen) atoms. The first kappa shape index (κ1) is 9.34. The zero-order valence-corrected chi connectivity index (χ0v) is 8.77. The summed E-state index contributed by atoms with van der Waals surface area (Å²) < 4.78 is 4.67. The van der Waals surface area contributed by atoms with E-state index in [0.717, 1.165) is 11.0 Å². The van der Waals surface area contributed by atoms with Crippen LogP contribution in [0.4, 0.5) is 0 Å². The molecule has 0 atom stereocenters. The van der Waals surface area contributed by atoms with Gasteiger partial charge in [0.05, 0.1) is 5.75 Å². The molecule has 0 aromatic carbocycles. The minimum absolute atomic E-state index is 0.141. The van der Waals surface area contributed by atoms with E-state index in [4.69, 9.17) is 11.6 Å². The molecule has 0 aliphatic heterocycles. The molecule has 1 aromatic rings. The van der Waals surface area contributed by atoms with Crippen molar-refractivity contribution in [3.63, 3.8) is 0 Å². The molecule has 5 heteroatoms. The Morgan fingerprint density at radius 2 is 2.23 bits per heavy atom.